The number of hydrogen-bond donors (Lipinski definition) is 0. The summed E-state index contributed by atoms with van der Waals surface area (Å²) in [5.74, 6) is 0.622. The van der Waals surface area contributed by atoms with Crippen LogP contribution in [0.1, 0.15) is 29.6 Å². The quantitative estimate of drug-likeness (QED) is 0.283. The van der Waals surface area contributed by atoms with Gasteiger partial charge in [-0.05, 0) is 43.2 Å². The number of hydrogen-bond acceptors (Lipinski definition) is 4. The molecule has 0 unspecified atom stereocenters. The Morgan fingerprint density at radius 1 is 1.09 bits per heavy atom. The topological polar surface area (TPSA) is 52.6 Å². The lowest BCUT2D eigenvalue weighted by Crippen LogP contribution is -2.22. The first-order valence-electron chi connectivity index (χ1n) is 7.74. The Kier molecular flexibility index (Phi) is 7.88. The number of ether oxygens (including phenoxy) is 2. The minimum Gasteiger partial charge on any atom is -0.494 e. The minimum absolute atomic E-state index is 0.117. The third kappa shape index (κ3) is 8.62. The highest BCUT2D eigenvalue weighted by atomic mass is 28.3. The second kappa shape index (κ2) is 9.41. The third-order valence-corrected chi connectivity index (χ3v) is 4.88. The normalized spacial score (nSPS) is 11.0. The number of carbonyl (C=O) groups excluding carboxylic acids is 2. The van der Waals surface area contributed by atoms with Gasteiger partial charge in [0.2, 0.25) is 0 Å². The van der Waals surface area contributed by atoms with Crippen molar-refractivity contribution in [2.75, 3.05) is 13.2 Å². The van der Waals surface area contributed by atoms with Crippen molar-refractivity contribution in [2.24, 2.45) is 0 Å². The largest absolute Gasteiger partial charge is 0.494 e. The zero-order chi connectivity index (χ0) is 16.4. The summed E-state index contributed by atoms with van der Waals surface area (Å²) in [6.45, 7) is 7.90. The van der Waals surface area contributed by atoms with Crippen LogP contribution < -0.4 is 4.74 Å². The van der Waals surface area contributed by atoms with Crippen molar-refractivity contribution in [3.8, 4) is 5.75 Å². The fourth-order valence-electron chi connectivity index (χ4n) is 1.75. The highest BCUT2D eigenvalue weighted by Gasteiger charge is 2.13. The van der Waals surface area contributed by atoms with Gasteiger partial charge in [-0.2, -0.15) is 0 Å². The predicted molar refractivity (Wildman–Crippen MR) is 90.3 cm³/mol. The van der Waals surface area contributed by atoms with Crippen LogP contribution in [0.15, 0.2) is 24.3 Å². The molecule has 0 saturated carbocycles. The summed E-state index contributed by atoms with van der Waals surface area (Å²) in [4.78, 5) is 22.1. The summed E-state index contributed by atoms with van der Waals surface area (Å²) in [5.41, 5.74) is 0.633. The summed E-state index contributed by atoms with van der Waals surface area (Å²) in [6, 6.07) is 8.00. The number of unbranched alkanes of at least 4 members (excludes halogenated alkanes) is 1. The molecule has 0 atom stereocenters. The summed E-state index contributed by atoms with van der Waals surface area (Å²) in [7, 11) is -1.13. The molecule has 5 heteroatoms. The molecule has 4 nitrogen and oxygen atoms in total. The maximum Gasteiger partial charge on any atom is 0.305 e. The molecule has 1 aromatic rings. The zero-order valence-electron chi connectivity index (χ0n) is 13.8. The molecule has 1 rings (SSSR count). The van der Waals surface area contributed by atoms with E-state index in [9.17, 15) is 9.59 Å². The Hall–Kier alpha value is -1.62. The number of esters is 1. The van der Waals surface area contributed by atoms with Gasteiger partial charge in [0.15, 0.2) is 0 Å². The molecule has 0 fully saturated rings. The van der Waals surface area contributed by atoms with Crippen molar-refractivity contribution in [2.45, 2.75) is 44.9 Å². The van der Waals surface area contributed by atoms with E-state index in [1.54, 1.807) is 24.3 Å². The Balaban J connectivity index is 2.07. The summed E-state index contributed by atoms with van der Waals surface area (Å²) < 4.78 is 10.8. The highest BCUT2D eigenvalue weighted by Crippen LogP contribution is 2.12. The second-order valence-electron chi connectivity index (χ2n) is 6.52. The van der Waals surface area contributed by atoms with Gasteiger partial charge in [0.25, 0.3) is 0 Å². The fraction of sp³-hybridized carbons (Fsp3) is 0.529. The van der Waals surface area contributed by atoms with Crippen LogP contribution in [-0.2, 0) is 9.53 Å². The van der Waals surface area contributed by atoms with E-state index in [1.807, 2.05) is 0 Å². The van der Waals surface area contributed by atoms with Gasteiger partial charge in [0, 0.05) is 20.1 Å². The molecular formula is C17H26O4Si. The fourth-order valence-corrected chi connectivity index (χ4v) is 2.46. The van der Waals surface area contributed by atoms with E-state index < -0.39 is 8.07 Å². The zero-order valence-corrected chi connectivity index (χ0v) is 14.8. The van der Waals surface area contributed by atoms with E-state index in [2.05, 4.69) is 19.6 Å². The standard InChI is InChI=1S/C17H26O4Si/c1-22(2,3)13-12-21-17(19)6-4-5-11-20-16-9-7-15(14-18)8-10-16/h7-10,14H,4-6,11-13H2,1-3H3. The van der Waals surface area contributed by atoms with Gasteiger partial charge in [0.05, 0.1) is 13.2 Å². The van der Waals surface area contributed by atoms with Gasteiger partial charge >= 0.3 is 5.97 Å². The molecule has 22 heavy (non-hydrogen) atoms. The molecule has 122 valence electrons. The summed E-state index contributed by atoms with van der Waals surface area (Å²) >= 11 is 0. The number of rotatable bonds is 10. The number of carbonyl (C=O) groups is 2. The third-order valence-electron chi connectivity index (χ3n) is 3.18. The van der Waals surface area contributed by atoms with Crippen molar-refractivity contribution >= 4 is 20.3 Å². The summed E-state index contributed by atoms with van der Waals surface area (Å²) in [5, 5.41) is 0. The molecule has 0 aliphatic carbocycles. The average molecular weight is 322 g/mol. The van der Waals surface area contributed by atoms with Crippen molar-refractivity contribution < 1.29 is 19.1 Å². The van der Waals surface area contributed by atoms with E-state index in [-0.39, 0.29) is 5.97 Å². The Morgan fingerprint density at radius 3 is 2.36 bits per heavy atom. The lowest BCUT2D eigenvalue weighted by molar-refractivity contribution is -0.143. The Bertz CT molecular complexity index is 463. The van der Waals surface area contributed by atoms with Crippen LogP contribution in [-0.4, -0.2) is 33.5 Å². The van der Waals surface area contributed by atoms with Gasteiger partial charge in [-0.25, -0.2) is 0 Å². The maximum absolute atomic E-state index is 11.6. The van der Waals surface area contributed by atoms with Gasteiger partial charge in [-0.1, -0.05) is 19.6 Å². The van der Waals surface area contributed by atoms with Crippen LogP contribution in [0.2, 0.25) is 25.7 Å². The second-order valence-corrected chi connectivity index (χ2v) is 12.1. The number of benzene rings is 1. The summed E-state index contributed by atoms with van der Waals surface area (Å²) in [6.07, 6.45) is 2.81. The molecular weight excluding hydrogens is 296 g/mol. The van der Waals surface area contributed by atoms with Crippen LogP contribution in [0.25, 0.3) is 0 Å². The van der Waals surface area contributed by atoms with Gasteiger partial charge < -0.3 is 9.47 Å². The predicted octanol–water partition coefficient (Wildman–Crippen LogP) is 3.93. The maximum atomic E-state index is 11.6. The van der Waals surface area contributed by atoms with Crippen LogP contribution in [0.5, 0.6) is 5.75 Å². The first-order valence-corrected chi connectivity index (χ1v) is 11.4. The van der Waals surface area contributed by atoms with Crippen LogP contribution in [0.4, 0.5) is 0 Å². The van der Waals surface area contributed by atoms with Crippen molar-refractivity contribution in [1.29, 1.82) is 0 Å². The number of aldehydes is 1. The highest BCUT2D eigenvalue weighted by molar-refractivity contribution is 6.76. The smallest absolute Gasteiger partial charge is 0.305 e. The van der Waals surface area contributed by atoms with Crippen molar-refractivity contribution in [1.82, 2.24) is 0 Å². The molecule has 0 aliphatic rings. The lowest BCUT2D eigenvalue weighted by atomic mass is 10.2. The Morgan fingerprint density at radius 2 is 1.77 bits per heavy atom. The van der Waals surface area contributed by atoms with Gasteiger partial charge in [0.1, 0.15) is 12.0 Å². The van der Waals surface area contributed by atoms with Crippen molar-refractivity contribution in [3.63, 3.8) is 0 Å². The van der Waals surface area contributed by atoms with Gasteiger partial charge in [-0.15, -0.1) is 0 Å². The molecule has 0 saturated heterocycles. The van der Waals surface area contributed by atoms with Crippen LogP contribution in [0.3, 0.4) is 0 Å². The first-order chi connectivity index (χ1) is 10.4. The van der Waals surface area contributed by atoms with Crippen molar-refractivity contribution in [3.05, 3.63) is 29.8 Å². The lowest BCUT2D eigenvalue weighted by Gasteiger charge is -2.15. The molecule has 0 radical (unpaired) electrons. The van der Waals surface area contributed by atoms with Crippen LogP contribution >= 0.6 is 0 Å². The van der Waals surface area contributed by atoms with E-state index in [4.69, 9.17) is 9.47 Å². The monoisotopic (exact) mass is 322 g/mol. The Labute approximate surface area is 133 Å². The molecule has 0 amide bonds. The SMILES string of the molecule is C[Si](C)(C)CCOC(=O)CCCCOc1ccc(C=O)cc1. The van der Waals surface area contributed by atoms with Gasteiger partial charge in [-0.3, -0.25) is 9.59 Å². The minimum atomic E-state index is -1.13. The van der Waals surface area contributed by atoms with E-state index in [0.29, 0.717) is 25.2 Å². The molecule has 0 aromatic heterocycles. The van der Waals surface area contributed by atoms with E-state index >= 15 is 0 Å². The first kappa shape index (κ1) is 18.4. The molecule has 0 aliphatic heterocycles. The molecule has 0 heterocycles. The van der Waals surface area contributed by atoms with Crippen LogP contribution in [0, 0.1) is 0 Å². The average Bonchev–Trinajstić information content (AvgIpc) is 2.46. The van der Waals surface area contributed by atoms with E-state index in [0.717, 1.165) is 30.9 Å². The molecule has 1 aromatic carbocycles. The molecule has 0 N–H and O–H groups in total. The molecule has 0 bridgehead atoms. The molecule has 0 spiro atoms. The van der Waals surface area contributed by atoms with E-state index in [1.165, 1.54) is 0 Å².